The third kappa shape index (κ3) is 12.9. The SMILES string of the molecule is CCCCOP(=O)(OCCCC)O[C@H]1O[C@H](CO[Si](C(C)C)(C(C)C)C(C)C)[C@@H](OCc2ccccc2)[C@H](OCc2ccccc2)[C@@H]1OC(=O)c1ccccc1. The highest BCUT2D eigenvalue weighted by molar-refractivity contribution is 7.48. The molecule has 0 radical (unpaired) electrons. The number of rotatable bonds is 24. The third-order valence-electron chi connectivity index (χ3n) is 10.3. The first-order valence-electron chi connectivity index (χ1n) is 20.4. The summed E-state index contributed by atoms with van der Waals surface area (Å²) in [5.41, 5.74) is 3.06. The third-order valence-corrected chi connectivity index (χ3v) is 17.9. The van der Waals surface area contributed by atoms with Gasteiger partial charge in [-0.3, -0.25) is 13.6 Å². The van der Waals surface area contributed by atoms with Gasteiger partial charge in [-0.05, 0) is 52.7 Å². The highest BCUT2D eigenvalue weighted by Crippen LogP contribution is 2.53. The number of hydrogen-bond acceptors (Lipinski definition) is 10. The standard InChI is InChI=1S/C44H65O10PSi/c1-9-11-28-49-55(46,50-29-12-10-2)54-44-42(53-43(45)38-26-20-15-21-27-38)41(48-31-37-24-18-14-19-25-37)40(47-30-36-22-16-13-17-23-36)39(52-44)32-51-56(33(3)4,34(5)6)35(7)8/h13-27,33-35,39-42,44H,9-12,28-32H2,1-8H3/t39-,40-,41+,42+,44-/m1/s1. The fourth-order valence-electron chi connectivity index (χ4n) is 7.51. The number of esters is 1. The van der Waals surface area contributed by atoms with Crippen molar-refractivity contribution in [2.24, 2.45) is 0 Å². The molecule has 310 valence electrons. The largest absolute Gasteiger partial charge is 0.477 e. The van der Waals surface area contributed by atoms with Crippen LogP contribution in [0.5, 0.6) is 0 Å². The summed E-state index contributed by atoms with van der Waals surface area (Å²) in [7, 11) is -6.68. The van der Waals surface area contributed by atoms with Crippen LogP contribution in [0.15, 0.2) is 91.0 Å². The molecule has 4 rings (SSSR count). The van der Waals surface area contributed by atoms with E-state index in [4.69, 9.17) is 36.9 Å². The minimum Gasteiger partial charge on any atom is -0.450 e. The lowest BCUT2D eigenvalue weighted by Gasteiger charge is -2.48. The number of ether oxygens (including phenoxy) is 4. The second-order valence-electron chi connectivity index (χ2n) is 15.4. The van der Waals surface area contributed by atoms with Gasteiger partial charge < -0.3 is 23.4 Å². The minimum atomic E-state index is -4.26. The van der Waals surface area contributed by atoms with Gasteiger partial charge >= 0.3 is 13.8 Å². The maximum atomic E-state index is 14.5. The van der Waals surface area contributed by atoms with Crippen molar-refractivity contribution >= 4 is 22.1 Å². The topological polar surface area (TPSA) is 108 Å². The van der Waals surface area contributed by atoms with Gasteiger partial charge in [0.05, 0.1) is 38.6 Å². The van der Waals surface area contributed by atoms with E-state index in [2.05, 4.69) is 41.5 Å². The van der Waals surface area contributed by atoms with Gasteiger partial charge in [0.25, 0.3) is 0 Å². The normalized spacial score (nSPS) is 20.5. The van der Waals surface area contributed by atoms with E-state index in [1.807, 2.05) is 80.6 Å². The van der Waals surface area contributed by atoms with Crippen LogP contribution in [0.1, 0.15) is 103 Å². The van der Waals surface area contributed by atoms with Crippen molar-refractivity contribution in [1.82, 2.24) is 0 Å². The highest BCUT2D eigenvalue weighted by Gasteiger charge is 2.54. The molecule has 1 saturated heterocycles. The number of benzene rings is 3. The van der Waals surface area contributed by atoms with E-state index in [0.717, 1.165) is 24.0 Å². The molecule has 0 saturated carbocycles. The Morgan fingerprint density at radius 1 is 0.679 bits per heavy atom. The van der Waals surface area contributed by atoms with Crippen molar-refractivity contribution in [3.05, 3.63) is 108 Å². The number of carbonyl (C=O) groups excluding carboxylic acids is 1. The molecule has 1 aliphatic heterocycles. The molecule has 0 aliphatic carbocycles. The summed E-state index contributed by atoms with van der Waals surface area (Å²) in [4.78, 5) is 13.9. The van der Waals surface area contributed by atoms with E-state index >= 15 is 0 Å². The zero-order valence-electron chi connectivity index (χ0n) is 34.7. The van der Waals surface area contributed by atoms with Crippen molar-refractivity contribution in [2.45, 2.75) is 142 Å². The second-order valence-corrected chi connectivity index (χ2v) is 22.4. The Labute approximate surface area is 336 Å². The van der Waals surface area contributed by atoms with Crippen molar-refractivity contribution in [2.75, 3.05) is 19.8 Å². The summed E-state index contributed by atoms with van der Waals surface area (Å²) < 4.78 is 66.5. The van der Waals surface area contributed by atoms with Gasteiger partial charge in [-0.15, -0.1) is 0 Å². The zero-order valence-corrected chi connectivity index (χ0v) is 36.6. The maximum Gasteiger partial charge on any atom is 0.477 e. The Kier molecular flexibility index (Phi) is 18.9. The van der Waals surface area contributed by atoms with Gasteiger partial charge in [0.15, 0.2) is 14.4 Å². The van der Waals surface area contributed by atoms with Crippen LogP contribution in [-0.4, -0.2) is 64.8 Å². The van der Waals surface area contributed by atoms with Gasteiger partial charge in [0, 0.05) is 0 Å². The number of phosphoric ester groups is 1. The molecular weight excluding hydrogens is 748 g/mol. The number of unbranched alkanes of at least 4 members (excludes halogenated alkanes) is 2. The average Bonchev–Trinajstić information content (AvgIpc) is 3.18. The first-order valence-corrected chi connectivity index (χ1v) is 24.0. The molecule has 3 aromatic carbocycles. The van der Waals surface area contributed by atoms with Crippen LogP contribution in [0.25, 0.3) is 0 Å². The summed E-state index contributed by atoms with van der Waals surface area (Å²) in [5.74, 6) is -0.628. The monoisotopic (exact) mass is 812 g/mol. The molecule has 0 aromatic heterocycles. The highest BCUT2D eigenvalue weighted by atomic mass is 31.2. The second kappa shape index (κ2) is 23.0. The van der Waals surface area contributed by atoms with Gasteiger partial charge in [-0.2, -0.15) is 0 Å². The molecule has 0 bridgehead atoms. The van der Waals surface area contributed by atoms with Crippen molar-refractivity contribution in [1.29, 1.82) is 0 Å². The molecule has 0 unspecified atom stereocenters. The molecule has 56 heavy (non-hydrogen) atoms. The summed E-state index contributed by atoms with van der Waals surface area (Å²) in [6, 6.07) is 28.3. The van der Waals surface area contributed by atoms with E-state index in [1.165, 1.54) is 0 Å². The lowest BCUT2D eigenvalue weighted by atomic mass is 9.98. The molecule has 1 fully saturated rings. The Balaban J connectivity index is 1.84. The molecule has 3 aromatic rings. The number of hydrogen-bond donors (Lipinski definition) is 0. The van der Waals surface area contributed by atoms with Crippen LogP contribution in [0.4, 0.5) is 0 Å². The Morgan fingerprint density at radius 3 is 1.61 bits per heavy atom. The average molecular weight is 813 g/mol. The Morgan fingerprint density at radius 2 is 1.14 bits per heavy atom. The lowest BCUT2D eigenvalue weighted by Crippen LogP contribution is -2.63. The van der Waals surface area contributed by atoms with Crippen LogP contribution in [0.3, 0.4) is 0 Å². The first kappa shape index (κ1) is 46.0. The lowest BCUT2D eigenvalue weighted by molar-refractivity contribution is -0.299. The van der Waals surface area contributed by atoms with Crippen molar-refractivity contribution in [3.8, 4) is 0 Å². The molecule has 0 spiro atoms. The molecule has 10 nitrogen and oxygen atoms in total. The number of carbonyl (C=O) groups is 1. The van der Waals surface area contributed by atoms with Gasteiger partial charge in [0.2, 0.25) is 6.29 Å². The quantitative estimate of drug-likeness (QED) is 0.0375. The van der Waals surface area contributed by atoms with Crippen LogP contribution in [0, 0.1) is 0 Å². The first-order chi connectivity index (χ1) is 26.9. The Hall–Kier alpha value is -2.70. The number of phosphoric acid groups is 1. The van der Waals surface area contributed by atoms with E-state index in [1.54, 1.807) is 24.3 Å². The van der Waals surface area contributed by atoms with Crippen molar-refractivity contribution < 1.29 is 46.3 Å². The zero-order chi connectivity index (χ0) is 40.6. The molecular formula is C44H65O10PSi. The fourth-order valence-corrected chi connectivity index (χ4v) is 14.3. The predicted octanol–water partition coefficient (Wildman–Crippen LogP) is 11.1. The molecule has 0 amide bonds. The molecule has 1 heterocycles. The molecule has 1 aliphatic rings. The van der Waals surface area contributed by atoms with Crippen LogP contribution in [0.2, 0.25) is 16.6 Å². The molecule has 5 atom stereocenters. The molecule has 0 N–H and O–H groups in total. The van der Waals surface area contributed by atoms with Gasteiger partial charge in [0.1, 0.15) is 18.3 Å². The van der Waals surface area contributed by atoms with Crippen LogP contribution in [-0.2, 0) is 54.7 Å². The van der Waals surface area contributed by atoms with Crippen molar-refractivity contribution in [3.63, 3.8) is 0 Å². The fraction of sp³-hybridized carbons (Fsp3) is 0.568. The van der Waals surface area contributed by atoms with Gasteiger partial charge in [-0.1, -0.05) is 147 Å². The summed E-state index contributed by atoms with van der Waals surface area (Å²) in [5, 5.41) is 0. The van der Waals surface area contributed by atoms with E-state index in [0.29, 0.717) is 35.0 Å². The summed E-state index contributed by atoms with van der Waals surface area (Å²) in [6.07, 6.45) is -2.35. The van der Waals surface area contributed by atoms with E-state index in [9.17, 15) is 9.36 Å². The summed E-state index contributed by atoms with van der Waals surface area (Å²) in [6.45, 7) is 18.2. The van der Waals surface area contributed by atoms with Crippen LogP contribution < -0.4 is 0 Å². The Bertz CT molecular complexity index is 1560. The van der Waals surface area contributed by atoms with E-state index in [-0.39, 0.29) is 33.0 Å². The van der Waals surface area contributed by atoms with Gasteiger partial charge in [-0.25, -0.2) is 9.36 Å². The summed E-state index contributed by atoms with van der Waals surface area (Å²) >= 11 is 0. The van der Waals surface area contributed by atoms with Crippen LogP contribution >= 0.6 is 7.82 Å². The molecule has 12 heteroatoms. The minimum absolute atomic E-state index is 0.141. The smallest absolute Gasteiger partial charge is 0.450 e. The predicted molar refractivity (Wildman–Crippen MR) is 222 cm³/mol. The van der Waals surface area contributed by atoms with E-state index < -0.39 is 52.8 Å². The maximum absolute atomic E-state index is 14.5.